The summed E-state index contributed by atoms with van der Waals surface area (Å²) in [6.45, 7) is 8.37. The smallest absolute Gasteiger partial charge is 0.335 e. The van der Waals surface area contributed by atoms with Crippen molar-refractivity contribution in [1.29, 1.82) is 0 Å². The van der Waals surface area contributed by atoms with E-state index in [1.165, 1.54) is 0 Å². The Balaban J connectivity index is 2.58. The lowest BCUT2D eigenvalue weighted by molar-refractivity contribution is -0.140. The molecule has 0 aromatic heterocycles. The van der Waals surface area contributed by atoms with Gasteiger partial charge in [-0.1, -0.05) is 13.8 Å². The molecule has 17 heavy (non-hydrogen) atoms. The van der Waals surface area contributed by atoms with E-state index in [2.05, 4.69) is 0 Å². The van der Waals surface area contributed by atoms with E-state index in [0.29, 0.717) is 30.2 Å². The van der Waals surface area contributed by atoms with Gasteiger partial charge in [-0.3, -0.25) is 0 Å². The Bertz CT molecular complexity index is 308. The zero-order chi connectivity index (χ0) is 13.0. The molecule has 0 spiro atoms. The van der Waals surface area contributed by atoms with E-state index in [0.717, 1.165) is 6.42 Å². The predicted molar refractivity (Wildman–Crippen MR) is 66.3 cm³/mol. The summed E-state index contributed by atoms with van der Waals surface area (Å²) in [5, 5.41) is 0. The third-order valence-corrected chi connectivity index (χ3v) is 2.58. The summed E-state index contributed by atoms with van der Waals surface area (Å²) >= 11 is 0. The Hall–Kier alpha value is -1.03. The van der Waals surface area contributed by atoms with Crippen molar-refractivity contribution in [2.24, 2.45) is 11.7 Å². The summed E-state index contributed by atoms with van der Waals surface area (Å²) in [7, 11) is 0. The number of rotatable bonds is 5. The normalized spacial score (nSPS) is 20.5. The molecule has 98 valence electrons. The highest BCUT2D eigenvalue weighted by molar-refractivity contribution is 5.90. The monoisotopic (exact) mass is 241 g/mol. The first-order valence-corrected chi connectivity index (χ1v) is 6.23. The molecule has 1 unspecified atom stereocenters. The molecule has 0 aliphatic heterocycles. The molecule has 0 radical (unpaired) electrons. The zero-order valence-corrected chi connectivity index (χ0v) is 11.2. The van der Waals surface area contributed by atoms with Crippen LogP contribution in [-0.2, 0) is 14.3 Å². The third kappa shape index (κ3) is 4.04. The lowest BCUT2D eigenvalue weighted by atomic mass is 10.2. The van der Waals surface area contributed by atoms with Crippen molar-refractivity contribution in [3.63, 3.8) is 0 Å². The summed E-state index contributed by atoms with van der Waals surface area (Å²) in [6, 6.07) is 0. The van der Waals surface area contributed by atoms with Gasteiger partial charge in [0.15, 0.2) is 0 Å². The highest BCUT2D eigenvalue weighted by Gasteiger charge is 2.29. The molecule has 4 nitrogen and oxygen atoms in total. The molecule has 0 fully saturated rings. The SMILES string of the molecule is CC(C)COC(=O)C1=C(N)C(OC(C)C)CC1. The molecule has 0 saturated carbocycles. The number of carbonyl (C=O) groups excluding carboxylic acids is 1. The minimum Gasteiger partial charge on any atom is -0.462 e. The van der Waals surface area contributed by atoms with Gasteiger partial charge in [0.1, 0.15) is 0 Å². The van der Waals surface area contributed by atoms with Gasteiger partial charge in [0, 0.05) is 5.70 Å². The van der Waals surface area contributed by atoms with Crippen LogP contribution in [-0.4, -0.2) is 24.8 Å². The Morgan fingerprint density at radius 2 is 2.06 bits per heavy atom. The Labute approximate surface area is 103 Å². The topological polar surface area (TPSA) is 61.5 Å². The molecule has 0 saturated heterocycles. The molecule has 0 aromatic carbocycles. The van der Waals surface area contributed by atoms with E-state index < -0.39 is 0 Å². The first-order valence-electron chi connectivity index (χ1n) is 6.23. The predicted octanol–water partition coefficient (Wildman–Crippen LogP) is 1.99. The molecule has 0 heterocycles. The van der Waals surface area contributed by atoms with Gasteiger partial charge >= 0.3 is 5.97 Å². The summed E-state index contributed by atoms with van der Waals surface area (Å²) in [5.41, 5.74) is 7.07. The van der Waals surface area contributed by atoms with Crippen molar-refractivity contribution < 1.29 is 14.3 Å². The second-order valence-corrected chi connectivity index (χ2v) is 5.14. The van der Waals surface area contributed by atoms with Gasteiger partial charge in [0.2, 0.25) is 0 Å². The Morgan fingerprint density at radius 1 is 1.41 bits per heavy atom. The summed E-state index contributed by atoms with van der Waals surface area (Å²) < 4.78 is 10.8. The summed E-state index contributed by atoms with van der Waals surface area (Å²) in [5.74, 6) is 0.0518. The number of ether oxygens (including phenoxy) is 2. The van der Waals surface area contributed by atoms with Crippen LogP contribution in [0.2, 0.25) is 0 Å². The summed E-state index contributed by atoms with van der Waals surface area (Å²) in [6.07, 6.45) is 1.41. The summed E-state index contributed by atoms with van der Waals surface area (Å²) in [4.78, 5) is 11.8. The van der Waals surface area contributed by atoms with Crippen LogP contribution in [0.15, 0.2) is 11.3 Å². The van der Waals surface area contributed by atoms with Crippen LogP contribution >= 0.6 is 0 Å². The second kappa shape index (κ2) is 6.05. The molecule has 0 bridgehead atoms. The van der Waals surface area contributed by atoms with Gasteiger partial charge in [0.05, 0.1) is 24.4 Å². The van der Waals surface area contributed by atoms with Gasteiger partial charge in [-0.15, -0.1) is 0 Å². The third-order valence-electron chi connectivity index (χ3n) is 2.58. The highest BCUT2D eigenvalue weighted by Crippen LogP contribution is 2.27. The number of esters is 1. The maximum Gasteiger partial charge on any atom is 0.335 e. The van der Waals surface area contributed by atoms with E-state index in [4.69, 9.17) is 15.2 Å². The van der Waals surface area contributed by atoms with Gasteiger partial charge < -0.3 is 15.2 Å². The molecule has 0 amide bonds. The van der Waals surface area contributed by atoms with Crippen LogP contribution in [0.1, 0.15) is 40.5 Å². The van der Waals surface area contributed by atoms with Crippen LogP contribution in [0.4, 0.5) is 0 Å². The van der Waals surface area contributed by atoms with Crippen LogP contribution in [0.5, 0.6) is 0 Å². The maximum atomic E-state index is 11.8. The van der Waals surface area contributed by atoms with Crippen LogP contribution in [0, 0.1) is 5.92 Å². The fourth-order valence-electron chi connectivity index (χ4n) is 1.79. The number of hydrogen-bond donors (Lipinski definition) is 1. The lowest BCUT2D eigenvalue weighted by Crippen LogP contribution is -2.23. The van der Waals surface area contributed by atoms with Gasteiger partial charge in [0.25, 0.3) is 0 Å². The Kier molecular flexibility index (Phi) is 5.00. The minimum absolute atomic E-state index is 0.115. The first-order chi connectivity index (χ1) is 7.91. The average molecular weight is 241 g/mol. The maximum absolute atomic E-state index is 11.8. The highest BCUT2D eigenvalue weighted by atomic mass is 16.5. The van der Waals surface area contributed by atoms with Crippen molar-refractivity contribution in [1.82, 2.24) is 0 Å². The molecule has 0 aromatic rings. The van der Waals surface area contributed by atoms with Gasteiger partial charge in [-0.05, 0) is 32.6 Å². The molecule has 1 aliphatic carbocycles. The Morgan fingerprint density at radius 3 is 2.59 bits per heavy atom. The van der Waals surface area contributed by atoms with Crippen LogP contribution < -0.4 is 5.73 Å². The van der Waals surface area contributed by atoms with E-state index in [9.17, 15) is 4.79 Å². The van der Waals surface area contributed by atoms with Crippen LogP contribution in [0.3, 0.4) is 0 Å². The van der Waals surface area contributed by atoms with Crippen molar-refractivity contribution >= 4 is 5.97 Å². The largest absolute Gasteiger partial charge is 0.462 e. The fraction of sp³-hybridized carbons (Fsp3) is 0.769. The molecule has 1 rings (SSSR count). The number of hydrogen-bond acceptors (Lipinski definition) is 4. The number of carbonyl (C=O) groups is 1. The second-order valence-electron chi connectivity index (χ2n) is 5.14. The van der Waals surface area contributed by atoms with Gasteiger partial charge in [-0.2, -0.15) is 0 Å². The van der Waals surface area contributed by atoms with Crippen molar-refractivity contribution in [2.75, 3.05) is 6.61 Å². The minimum atomic E-state index is -0.286. The van der Waals surface area contributed by atoms with E-state index in [1.807, 2.05) is 27.7 Å². The molecule has 4 heteroatoms. The van der Waals surface area contributed by atoms with E-state index >= 15 is 0 Å². The number of nitrogens with two attached hydrogens (primary N) is 1. The molecular formula is C13H23NO3. The van der Waals surface area contributed by atoms with Crippen LogP contribution in [0.25, 0.3) is 0 Å². The van der Waals surface area contributed by atoms with E-state index in [1.54, 1.807) is 0 Å². The van der Waals surface area contributed by atoms with Gasteiger partial charge in [-0.25, -0.2) is 4.79 Å². The van der Waals surface area contributed by atoms with Crippen molar-refractivity contribution in [3.8, 4) is 0 Å². The fourth-order valence-corrected chi connectivity index (χ4v) is 1.79. The lowest BCUT2D eigenvalue weighted by Gasteiger charge is -2.16. The van der Waals surface area contributed by atoms with Crippen molar-refractivity contribution in [3.05, 3.63) is 11.3 Å². The first kappa shape index (κ1) is 14.0. The standard InChI is InChI=1S/C13H23NO3/c1-8(2)7-16-13(15)10-5-6-11(12(10)14)17-9(3)4/h8-9,11H,5-7,14H2,1-4H3. The zero-order valence-electron chi connectivity index (χ0n) is 11.2. The quantitative estimate of drug-likeness (QED) is 0.748. The van der Waals surface area contributed by atoms with E-state index in [-0.39, 0.29) is 18.2 Å². The average Bonchev–Trinajstić information content (AvgIpc) is 2.56. The molecular weight excluding hydrogens is 218 g/mol. The molecule has 2 N–H and O–H groups in total. The van der Waals surface area contributed by atoms with Crippen molar-refractivity contribution in [2.45, 2.75) is 52.7 Å². The molecule has 1 aliphatic rings. The molecule has 1 atom stereocenters.